The molecular formula is C9H17NO. The van der Waals surface area contributed by atoms with E-state index in [1.807, 2.05) is 0 Å². The summed E-state index contributed by atoms with van der Waals surface area (Å²) in [7, 11) is 0. The van der Waals surface area contributed by atoms with Gasteiger partial charge in [0, 0.05) is 19.2 Å². The maximum atomic E-state index is 8.89. The number of hydrogen-bond acceptors (Lipinski definition) is 2. The second kappa shape index (κ2) is 3.11. The number of nitrogens with one attached hydrogen (secondary N) is 1. The van der Waals surface area contributed by atoms with Crippen LogP contribution >= 0.6 is 0 Å². The van der Waals surface area contributed by atoms with E-state index in [2.05, 4.69) is 5.32 Å². The first kappa shape index (κ1) is 7.56. The largest absolute Gasteiger partial charge is 0.396 e. The molecule has 2 unspecified atom stereocenters. The standard InChI is InChI=1S/C9H17NO/c11-6-7-1-4-9(10-5-7)8-2-3-8/h7-11H,1-6H2. The molecule has 0 bridgehead atoms. The summed E-state index contributed by atoms with van der Waals surface area (Å²) in [4.78, 5) is 0. The van der Waals surface area contributed by atoms with E-state index in [-0.39, 0.29) is 0 Å². The van der Waals surface area contributed by atoms with Gasteiger partial charge in [-0.25, -0.2) is 0 Å². The Balaban J connectivity index is 1.75. The zero-order valence-corrected chi connectivity index (χ0v) is 6.92. The zero-order valence-electron chi connectivity index (χ0n) is 6.92. The van der Waals surface area contributed by atoms with E-state index in [1.54, 1.807) is 0 Å². The highest BCUT2D eigenvalue weighted by molar-refractivity contribution is 4.89. The molecule has 11 heavy (non-hydrogen) atoms. The Morgan fingerprint density at radius 2 is 2.00 bits per heavy atom. The van der Waals surface area contributed by atoms with Crippen LogP contribution in [-0.4, -0.2) is 24.3 Å². The van der Waals surface area contributed by atoms with Gasteiger partial charge in [0.05, 0.1) is 0 Å². The highest BCUT2D eigenvalue weighted by Gasteiger charge is 2.33. The molecule has 0 aromatic heterocycles. The number of aliphatic hydroxyl groups is 1. The Morgan fingerprint density at radius 3 is 2.45 bits per heavy atom. The van der Waals surface area contributed by atoms with Crippen molar-refractivity contribution in [1.82, 2.24) is 5.32 Å². The summed E-state index contributed by atoms with van der Waals surface area (Å²) in [6.07, 6.45) is 5.38. The molecule has 2 atom stereocenters. The predicted octanol–water partition coefficient (Wildman–Crippen LogP) is 0.757. The molecule has 2 nitrogen and oxygen atoms in total. The van der Waals surface area contributed by atoms with E-state index in [0.717, 1.165) is 18.5 Å². The molecule has 1 aliphatic carbocycles. The fourth-order valence-corrected chi connectivity index (χ4v) is 1.99. The molecule has 0 aromatic carbocycles. The minimum Gasteiger partial charge on any atom is -0.396 e. The van der Waals surface area contributed by atoms with E-state index in [0.29, 0.717) is 12.5 Å². The molecule has 1 heterocycles. The van der Waals surface area contributed by atoms with Crippen LogP contribution in [0.1, 0.15) is 25.7 Å². The molecule has 2 rings (SSSR count). The van der Waals surface area contributed by atoms with Gasteiger partial charge in [-0.2, -0.15) is 0 Å². The maximum Gasteiger partial charge on any atom is 0.0471 e. The second-order valence-electron chi connectivity index (χ2n) is 3.98. The fourth-order valence-electron chi connectivity index (χ4n) is 1.99. The highest BCUT2D eigenvalue weighted by Crippen LogP contribution is 2.36. The molecule has 1 saturated heterocycles. The summed E-state index contributed by atoms with van der Waals surface area (Å²) in [6, 6.07) is 0.790. The predicted molar refractivity (Wildman–Crippen MR) is 44.3 cm³/mol. The van der Waals surface area contributed by atoms with Crippen LogP contribution in [0.15, 0.2) is 0 Å². The first-order valence-corrected chi connectivity index (χ1v) is 4.74. The van der Waals surface area contributed by atoms with Gasteiger partial charge in [-0.1, -0.05) is 0 Å². The monoisotopic (exact) mass is 155 g/mol. The van der Waals surface area contributed by atoms with Gasteiger partial charge in [0.1, 0.15) is 0 Å². The van der Waals surface area contributed by atoms with Crippen molar-refractivity contribution in [2.45, 2.75) is 31.7 Å². The average Bonchev–Trinajstić information content (AvgIpc) is 2.87. The van der Waals surface area contributed by atoms with Gasteiger partial charge < -0.3 is 10.4 Å². The third-order valence-corrected chi connectivity index (χ3v) is 3.00. The minimum absolute atomic E-state index is 0.365. The lowest BCUT2D eigenvalue weighted by molar-refractivity contribution is 0.178. The molecule has 1 saturated carbocycles. The summed E-state index contributed by atoms with van der Waals surface area (Å²) < 4.78 is 0. The van der Waals surface area contributed by atoms with Crippen LogP contribution in [0, 0.1) is 11.8 Å². The molecule has 0 amide bonds. The molecule has 2 fully saturated rings. The Labute approximate surface area is 68.0 Å². The zero-order chi connectivity index (χ0) is 7.68. The summed E-state index contributed by atoms with van der Waals surface area (Å²) in [6.45, 7) is 1.40. The van der Waals surface area contributed by atoms with Crippen LogP contribution in [-0.2, 0) is 0 Å². The molecule has 2 heteroatoms. The van der Waals surface area contributed by atoms with Gasteiger partial charge in [0.25, 0.3) is 0 Å². The van der Waals surface area contributed by atoms with Crippen LogP contribution in [0.5, 0.6) is 0 Å². The normalized spacial score (nSPS) is 39.0. The van der Waals surface area contributed by atoms with E-state index in [4.69, 9.17) is 5.11 Å². The molecule has 0 spiro atoms. The lowest BCUT2D eigenvalue weighted by Gasteiger charge is -2.28. The fraction of sp³-hybridized carbons (Fsp3) is 1.00. The van der Waals surface area contributed by atoms with Crippen molar-refractivity contribution >= 4 is 0 Å². The Hall–Kier alpha value is -0.0800. The summed E-state index contributed by atoms with van der Waals surface area (Å²) in [5.41, 5.74) is 0. The molecule has 0 radical (unpaired) electrons. The topological polar surface area (TPSA) is 32.3 Å². The lowest BCUT2D eigenvalue weighted by atomic mass is 9.93. The Kier molecular flexibility index (Phi) is 2.14. The molecule has 2 aliphatic rings. The van der Waals surface area contributed by atoms with Crippen LogP contribution in [0.4, 0.5) is 0 Å². The lowest BCUT2D eigenvalue weighted by Crippen LogP contribution is -2.41. The first-order valence-electron chi connectivity index (χ1n) is 4.74. The Morgan fingerprint density at radius 1 is 1.18 bits per heavy atom. The van der Waals surface area contributed by atoms with Gasteiger partial charge in [0.15, 0.2) is 0 Å². The number of rotatable bonds is 2. The molecule has 0 aromatic rings. The van der Waals surface area contributed by atoms with Crippen LogP contribution in [0.2, 0.25) is 0 Å². The first-order chi connectivity index (χ1) is 5.40. The van der Waals surface area contributed by atoms with Crippen molar-refractivity contribution in [3.05, 3.63) is 0 Å². The third-order valence-electron chi connectivity index (χ3n) is 3.00. The number of hydrogen-bond donors (Lipinski definition) is 2. The summed E-state index contributed by atoms with van der Waals surface area (Å²) in [5, 5.41) is 12.4. The third kappa shape index (κ3) is 1.74. The van der Waals surface area contributed by atoms with Crippen LogP contribution in [0.25, 0.3) is 0 Å². The minimum atomic E-state index is 0.365. The van der Waals surface area contributed by atoms with Crippen molar-refractivity contribution in [3.8, 4) is 0 Å². The van der Waals surface area contributed by atoms with Crippen LogP contribution in [0.3, 0.4) is 0 Å². The molecule has 64 valence electrons. The maximum absolute atomic E-state index is 8.89. The molecular weight excluding hydrogens is 138 g/mol. The van der Waals surface area contributed by atoms with Crippen molar-refractivity contribution in [1.29, 1.82) is 0 Å². The summed E-state index contributed by atoms with van der Waals surface area (Å²) in [5.74, 6) is 1.51. The van der Waals surface area contributed by atoms with E-state index < -0.39 is 0 Å². The van der Waals surface area contributed by atoms with E-state index in [1.165, 1.54) is 25.7 Å². The molecule has 1 aliphatic heterocycles. The van der Waals surface area contributed by atoms with Gasteiger partial charge in [-0.3, -0.25) is 0 Å². The summed E-state index contributed by atoms with van der Waals surface area (Å²) >= 11 is 0. The van der Waals surface area contributed by atoms with Crippen molar-refractivity contribution in [2.75, 3.05) is 13.2 Å². The van der Waals surface area contributed by atoms with E-state index in [9.17, 15) is 0 Å². The smallest absolute Gasteiger partial charge is 0.0471 e. The second-order valence-corrected chi connectivity index (χ2v) is 3.98. The van der Waals surface area contributed by atoms with Crippen molar-refractivity contribution in [3.63, 3.8) is 0 Å². The van der Waals surface area contributed by atoms with Gasteiger partial charge in [-0.05, 0) is 37.5 Å². The average molecular weight is 155 g/mol. The quantitative estimate of drug-likeness (QED) is 0.617. The van der Waals surface area contributed by atoms with Gasteiger partial charge in [-0.15, -0.1) is 0 Å². The Bertz CT molecular complexity index is 126. The number of piperidine rings is 1. The van der Waals surface area contributed by atoms with Gasteiger partial charge in [0.2, 0.25) is 0 Å². The van der Waals surface area contributed by atoms with Crippen molar-refractivity contribution < 1.29 is 5.11 Å². The van der Waals surface area contributed by atoms with E-state index >= 15 is 0 Å². The number of aliphatic hydroxyl groups excluding tert-OH is 1. The van der Waals surface area contributed by atoms with Crippen LogP contribution < -0.4 is 5.32 Å². The highest BCUT2D eigenvalue weighted by atomic mass is 16.3. The van der Waals surface area contributed by atoms with Gasteiger partial charge >= 0.3 is 0 Å². The SMILES string of the molecule is OCC1CCC(C2CC2)NC1. The molecule has 2 N–H and O–H groups in total. The van der Waals surface area contributed by atoms with Crippen molar-refractivity contribution in [2.24, 2.45) is 11.8 Å².